The van der Waals surface area contributed by atoms with Gasteiger partial charge >= 0.3 is 5.97 Å². The number of ketones is 1. The first-order valence-electron chi connectivity index (χ1n) is 9.21. The highest BCUT2D eigenvalue weighted by Crippen LogP contribution is 2.71. The van der Waals surface area contributed by atoms with E-state index in [9.17, 15) is 24.9 Å². The van der Waals surface area contributed by atoms with Gasteiger partial charge in [-0.15, -0.1) is 6.58 Å². The van der Waals surface area contributed by atoms with Crippen molar-refractivity contribution in [3.8, 4) is 0 Å². The number of rotatable bonds is 1. The van der Waals surface area contributed by atoms with Crippen LogP contribution in [0.1, 0.15) is 52.9 Å². The van der Waals surface area contributed by atoms with Crippen LogP contribution >= 0.6 is 0 Å². The quantitative estimate of drug-likeness (QED) is 0.486. The Kier molecular flexibility index (Phi) is 3.14. The van der Waals surface area contributed by atoms with Gasteiger partial charge in [0.25, 0.3) is 0 Å². The van der Waals surface area contributed by atoms with Crippen LogP contribution in [0.25, 0.3) is 0 Å². The molecule has 6 heteroatoms. The minimum atomic E-state index is -2.19. The second kappa shape index (κ2) is 4.60. The summed E-state index contributed by atoms with van der Waals surface area (Å²) in [5, 5.41) is 33.8. The summed E-state index contributed by atoms with van der Waals surface area (Å²) in [5.41, 5.74) is -6.84. The Morgan fingerprint density at radius 2 is 1.81 bits per heavy atom. The van der Waals surface area contributed by atoms with Crippen molar-refractivity contribution in [2.45, 2.75) is 70.2 Å². The van der Waals surface area contributed by atoms with Gasteiger partial charge in [-0.3, -0.25) is 9.59 Å². The van der Waals surface area contributed by atoms with Crippen LogP contribution in [-0.2, 0) is 14.3 Å². The molecular formula is C20H26O6. The Morgan fingerprint density at radius 3 is 2.42 bits per heavy atom. The first-order valence-corrected chi connectivity index (χ1v) is 9.21. The van der Waals surface area contributed by atoms with Crippen LogP contribution < -0.4 is 0 Å². The molecule has 3 fully saturated rings. The summed E-state index contributed by atoms with van der Waals surface area (Å²) in [6.45, 7) is 9.18. The first kappa shape index (κ1) is 17.7. The lowest BCUT2D eigenvalue weighted by Crippen LogP contribution is -2.76. The molecule has 4 aliphatic rings. The van der Waals surface area contributed by atoms with E-state index in [0.29, 0.717) is 19.3 Å². The Hall–Kier alpha value is -1.66. The lowest BCUT2D eigenvalue weighted by Gasteiger charge is -2.60. The van der Waals surface area contributed by atoms with E-state index < -0.39 is 51.1 Å². The molecule has 2 bridgehead atoms. The molecule has 5 atom stereocenters. The van der Waals surface area contributed by atoms with E-state index >= 15 is 0 Å². The number of carbonyl (C=O) groups is 2. The number of aliphatic hydroxyl groups is 3. The first-order chi connectivity index (χ1) is 11.9. The number of hydrogen-bond donors (Lipinski definition) is 3. The van der Waals surface area contributed by atoms with Crippen LogP contribution in [0.5, 0.6) is 0 Å². The van der Waals surface area contributed by atoms with Crippen molar-refractivity contribution in [2.24, 2.45) is 16.2 Å². The monoisotopic (exact) mass is 362 g/mol. The molecule has 1 heterocycles. The van der Waals surface area contributed by atoms with Crippen molar-refractivity contribution < 1.29 is 29.6 Å². The minimum Gasteiger partial charge on any atom is -0.504 e. The second-order valence-electron chi connectivity index (χ2n) is 9.29. The molecule has 5 unspecified atom stereocenters. The highest BCUT2D eigenvalue weighted by molar-refractivity contribution is 6.11. The van der Waals surface area contributed by atoms with Crippen molar-refractivity contribution in [2.75, 3.05) is 0 Å². The summed E-state index contributed by atoms with van der Waals surface area (Å²) >= 11 is 0. The van der Waals surface area contributed by atoms with E-state index in [2.05, 4.69) is 6.58 Å². The summed E-state index contributed by atoms with van der Waals surface area (Å²) in [4.78, 5) is 26.5. The molecule has 0 aromatic heterocycles. The van der Waals surface area contributed by atoms with Crippen LogP contribution in [0, 0.1) is 16.2 Å². The highest BCUT2D eigenvalue weighted by Gasteiger charge is 2.86. The van der Waals surface area contributed by atoms with Gasteiger partial charge in [0.1, 0.15) is 17.1 Å². The van der Waals surface area contributed by atoms with Gasteiger partial charge in [-0.2, -0.15) is 0 Å². The van der Waals surface area contributed by atoms with Crippen molar-refractivity contribution in [3.05, 3.63) is 24.0 Å². The molecule has 26 heavy (non-hydrogen) atoms. The van der Waals surface area contributed by atoms with E-state index in [1.165, 1.54) is 6.08 Å². The zero-order valence-electron chi connectivity index (χ0n) is 15.5. The molecule has 0 aromatic carbocycles. The third-order valence-corrected chi connectivity index (χ3v) is 7.67. The van der Waals surface area contributed by atoms with E-state index in [4.69, 9.17) is 4.74 Å². The van der Waals surface area contributed by atoms with Crippen molar-refractivity contribution in [3.63, 3.8) is 0 Å². The molecule has 142 valence electrons. The smallest absolute Gasteiger partial charge is 0.320 e. The van der Waals surface area contributed by atoms with Gasteiger partial charge < -0.3 is 20.1 Å². The number of Topliss-reactive ketones (excluding diaryl/α,β-unsaturated/α-hetero) is 1. The largest absolute Gasteiger partial charge is 0.504 e. The predicted molar refractivity (Wildman–Crippen MR) is 92.0 cm³/mol. The number of aliphatic hydroxyl groups excluding tert-OH is 2. The molecule has 4 rings (SSSR count). The normalized spacial score (nSPS) is 49.3. The van der Waals surface area contributed by atoms with Crippen LogP contribution in [0.3, 0.4) is 0 Å². The minimum absolute atomic E-state index is 0.108. The average molecular weight is 362 g/mol. The fourth-order valence-corrected chi connectivity index (χ4v) is 6.16. The van der Waals surface area contributed by atoms with Crippen LogP contribution in [0.15, 0.2) is 24.0 Å². The SMILES string of the molecule is C=CC1(C)CCC2(O)C34CCCC(C)(C)C3=C(O)C(=O)C2(OC4=O)C1O. The Bertz CT molecular complexity index is 781. The Labute approximate surface area is 152 Å². The summed E-state index contributed by atoms with van der Waals surface area (Å²) in [6, 6.07) is 0. The van der Waals surface area contributed by atoms with E-state index in [0.717, 1.165) is 0 Å². The molecule has 6 nitrogen and oxygen atoms in total. The summed E-state index contributed by atoms with van der Waals surface area (Å²) in [5.74, 6) is -2.14. The second-order valence-corrected chi connectivity index (χ2v) is 9.29. The molecule has 1 aliphatic heterocycles. The molecule has 0 amide bonds. The van der Waals surface area contributed by atoms with E-state index in [-0.39, 0.29) is 18.4 Å². The van der Waals surface area contributed by atoms with E-state index in [1.54, 1.807) is 6.92 Å². The van der Waals surface area contributed by atoms with Crippen molar-refractivity contribution in [1.29, 1.82) is 0 Å². The average Bonchev–Trinajstić information content (AvgIpc) is 2.72. The van der Waals surface area contributed by atoms with Crippen molar-refractivity contribution in [1.82, 2.24) is 0 Å². The maximum absolute atomic E-state index is 13.3. The number of carbonyl (C=O) groups excluding carboxylic acids is 2. The van der Waals surface area contributed by atoms with Crippen molar-refractivity contribution >= 4 is 11.8 Å². The zero-order chi connectivity index (χ0) is 19.3. The fraction of sp³-hybridized carbons (Fsp3) is 0.700. The Morgan fingerprint density at radius 1 is 1.15 bits per heavy atom. The van der Waals surface area contributed by atoms with E-state index in [1.807, 2.05) is 13.8 Å². The molecule has 3 N–H and O–H groups in total. The molecular weight excluding hydrogens is 336 g/mol. The van der Waals surface area contributed by atoms with Gasteiger partial charge in [-0.05, 0) is 31.1 Å². The van der Waals surface area contributed by atoms with Crippen LogP contribution in [0.2, 0.25) is 0 Å². The molecule has 3 aliphatic carbocycles. The van der Waals surface area contributed by atoms with Gasteiger partial charge in [-0.25, -0.2) is 0 Å². The molecule has 1 saturated heterocycles. The topological polar surface area (TPSA) is 104 Å². The number of esters is 1. The molecule has 2 saturated carbocycles. The third-order valence-electron chi connectivity index (χ3n) is 7.67. The maximum Gasteiger partial charge on any atom is 0.320 e. The van der Waals surface area contributed by atoms with Crippen LogP contribution in [0.4, 0.5) is 0 Å². The molecule has 0 aromatic rings. The number of ether oxygens (including phenoxy) is 1. The number of hydrogen-bond acceptors (Lipinski definition) is 6. The zero-order valence-corrected chi connectivity index (χ0v) is 15.5. The fourth-order valence-electron chi connectivity index (χ4n) is 6.16. The van der Waals surface area contributed by atoms with Gasteiger partial charge in [0.2, 0.25) is 11.4 Å². The molecule has 0 radical (unpaired) electrons. The summed E-state index contributed by atoms with van der Waals surface area (Å²) < 4.78 is 5.59. The van der Waals surface area contributed by atoms with Gasteiger partial charge in [0, 0.05) is 11.0 Å². The predicted octanol–water partition coefficient (Wildman–Crippen LogP) is 1.95. The summed E-state index contributed by atoms with van der Waals surface area (Å²) in [7, 11) is 0. The van der Waals surface area contributed by atoms with Gasteiger partial charge in [-0.1, -0.05) is 33.3 Å². The van der Waals surface area contributed by atoms with Gasteiger partial charge in [0.15, 0.2) is 5.76 Å². The van der Waals surface area contributed by atoms with Crippen LogP contribution in [-0.4, -0.2) is 44.4 Å². The standard InChI is InChI=1S/C20H26O6/c1-5-17(4)9-10-19(25)18-8-6-7-16(2,3)12(18)11(21)13(22)20(19,14(17)23)26-15(18)24/h5,14,21,23,25H,1,6-10H2,2-4H3. The van der Waals surface area contributed by atoms with Gasteiger partial charge in [0.05, 0.1) is 0 Å². The summed E-state index contributed by atoms with van der Waals surface area (Å²) in [6.07, 6.45) is 2.13. The lowest BCUT2D eigenvalue weighted by molar-refractivity contribution is -0.238. The highest BCUT2D eigenvalue weighted by atomic mass is 16.6. The lowest BCUT2D eigenvalue weighted by atomic mass is 9.43. The molecule has 1 spiro atoms. The maximum atomic E-state index is 13.3. The third kappa shape index (κ3) is 1.46. The Balaban J connectivity index is 2.09.